The number of aromatic nitrogens is 3. The molecule has 0 radical (unpaired) electrons. The van der Waals surface area contributed by atoms with Gasteiger partial charge in [0.2, 0.25) is 0 Å². The highest BCUT2D eigenvalue weighted by Gasteiger charge is 2.43. The highest BCUT2D eigenvalue weighted by molar-refractivity contribution is 6.33. The lowest BCUT2D eigenvalue weighted by Crippen LogP contribution is -2.32. The molecule has 4 heterocycles. The minimum absolute atomic E-state index is 0.0465. The maximum atomic E-state index is 11.2. The zero-order valence-corrected chi connectivity index (χ0v) is 16.9. The second-order valence-corrected chi connectivity index (χ2v) is 8.56. The first kappa shape index (κ1) is 18.3. The Balaban J connectivity index is 1.25. The van der Waals surface area contributed by atoms with Crippen molar-refractivity contribution in [2.24, 2.45) is 0 Å². The van der Waals surface area contributed by atoms with E-state index in [4.69, 9.17) is 25.8 Å². The van der Waals surface area contributed by atoms with Crippen LogP contribution in [0.1, 0.15) is 30.7 Å². The third-order valence-electron chi connectivity index (χ3n) is 6.19. The van der Waals surface area contributed by atoms with E-state index in [0.29, 0.717) is 65.6 Å². The van der Waals surface area contributed by atoms with Gasteiger partial charge in [0.05, 0.1) is 28.9 Å². The lowest BCUT2D eigenvalue weighted by atomic mass is 9.79. The van der Waals surface area contributed by atoms with Gasteiger partial charge in [-0.3, -0.25) is 4.79 Å². The molecule has 1 N–H and O–H groups in total. The molecule has 8 heteroatoms. The number of nitrogens with zero attached hydrogens (tertiary/aromatic N) is 2. The standard InChI is InChI=1S/C22H20ClN3O4/c23-15-9-16-21(26-22(24-16)30-18-10-29-17-5-6-28-20(17)18)25-19(15)12-3-1-11(2-4-12)13-7-14(27)8-13/h1-4,9,13,17-18,20H,5-8,10H2,(H,24,25,26)/t17-,18?,20+/m1/s1. The van der Waals surface area contributed by atoms with Gasteiger partial charge in [-0.25, -0.2) is 4.98 Å². The average molecular weight is 426 g/mol. The van der Waals surface area contributed by atoms with Crippen molar-refractivity contribution in [1.82, 2.24) is 15.0 Å². The van der Waals surface area contributed by atoms with Crippen molar-refractivity contribution in [2.75, 3.05) is 13.2 Å². The highest BCUT2D eigenvalue weighted by atomic mass is 35.5. The third-order valence-corrected chi connectivity index (χ3v) is 6.48. The van der Waals surface area contributed by atoms with E-state index in [-0.39, 0.29) is 18.3 Å². The van der Waals surface area contributed by atoms with Gasteiger partial charge >= 0.3 is 0 Å². The molecule has 0 bridgehead atoms. The summed E-state index contributed by atoms with van der Waals surface area (Å²) in [4.78, 5) is 23.5. The van der Waals surface area contributed by atoms with Crippen molar-refractivity contribution in [3.63, 3.8) is 0 Å². The monoisotopic (exact) mass is 425 g/mol. The van der Waals surface area contributed by atoms with Crippen LogP contribution in [0.15, 0.2) is 30.3 Å². The number of nitrogens with one attached hydrogen (secondary N) is 1. The fraction of sp³-hybridized carbons (Fsp3) is 0.409. The van der Waals surface area contributed by atoms with Crippen LogP contribution in [0.3, 0.4) is 0 Å². The smallest absolute Gasteiger partial charge is 0.296 e. The van der Waals surface area contributed by atoms with Crippen LogP contribution in [0, 0.1) is 0 Å². The van der Waals surface area contributed by atoms with Crippen molar-refractivity contribution in [1.29, 1.82) is 0 Å². The van der Waals surface area contributed by atoms with E-state index in [1.165, 1.54) is 5.56 Å². The number of hydrogen-bond acceptors (Lipinski definition) is 6. The number of aromatic amines is 1. The Kier molecular flexibility index (Phi) is 4.30. The molecular formula is C22H20ClN3O4. The van der Waals surface area contributed by atoms with E-state index in [1.807, 2.05) is 30.3 Å². The van der Waals surface area contributed by atoms with Gasteiger partial charge in [-0.2, -0.15) is 4.98 Å². The van der Waals surface area contributed by atoms with E-state index in [1.54, 1.807) is 0 Å². The quantitative estimate of drug-likeness (QED) is 0.686. The molecule has 2 aliphatic heterocycles. The summed E-state index contributed by atoms with van der Waals surface area (Å²) >= 11 is 6.51. The number of rotatable bonds is 4. The third kappa shape index (κ3) is 3.09. The molecule has 0 amide bonds. The fourth-order valence-corrected chi connectivity index (χ4v) is 4.73. The molecule has 0 spiro atoms. The largest absolute Gasteiger partial charge is 0.456 e. The number of pyridine rings is 1. The van der Waals surface area contributed by atoms with Gasteiger partial charge < -0.3 is 19.2 Å². The molecule has 1 saturated carbocycles. The van der Waals surface area contributed by atoms with E-state index in [9.17, 15) is 4.79 Å². The maximum Gasteiger partial charge on any atom is 0.296 e. The molecule has 3 atom stereocenters. The number of H-pyrrole nitrogens is 1. The molecule has 2 aromatic heterocycles. The summed E-state index contributed by atoms with van der Waals surface area (Å²) in [5, 5.41) is 0.535. The fourth-order valence-electron chi connectivity index (χ4n) is 4.47. The number of ketones is 1. The number of carbonyl (C=O) groups excluding carboxylic acids is 1. The SMILES string of the molecule is O=C1CC(c2ccc(-c3nc4nc(OC5CO[C@@H]6CCO[C@H]56)[nH]c4cc3Cl)cc2)C1. The first-order chi connectivity index (χ1) is 14.6. The Labute approximate surface area is 177 Å². The topological polar surface area (TPSA) is 86.3 Å². The summed E-state index contributed by atoms with van der Waals surface area (Å²) in [5.74, 6) is 0.668. The van der Waals surface area contributed by atoms with Crippen molar-refractivity contribution in [3.8, 4) is 17.3 Å². The summed E-state index contributed by atoms with van der Waals surface area (Å²) in [7, 11) is 0. The molecule has 3 aromatic rings. The Morgan fingerprint density at radius 1 is 1.13 bits per heavy atom. The highest BCUT2D eigenvalue weighted by Crippen LogP contribution is 2.36. The number of fused-ring (bicyclic) bond motifs is 2. The van der Waals surface area contributed by atoms with Crippen LogP contribution in [0.4, 0.5) is 0 Å². The first-order valence-corrected chi connectivity index (χ1v) is 10.6. The number of halogens is 1. The van der Waals surface area contributed by atoms with Crippen molar-refractivity contribution < 1.29 is 19.0 Å². The zero-order valence-electron chi connectivity index (χ0n) is 16.1. The van der Waals surface area contributed by atoms with Gasteiger partial charge in [-0.05, 0) is 24.0 Å². The molecule has 1 aromatic carbocycles. The molecule has 2 saturated heterocycles. The van der Waals surface area contributed by atoms with Crippen LogP contribution in [0.25, 0.3) is 22.4 Å². The van der Waals surface area contributed by atoms with E-state index >= 15 is 0 Å². The predicted octanol–water partition coefficient (Wildman–Crippen LogP) is 3.66. The number of hydrogen-bond donors (Lipinski definition) is 1. The summed E-state index contributed by atoms with van der Waals surface area (Å²) in [5.41, 5.74) is 4.01. The van der Waals surface area contributed by atoms with E-state index in [2.05, 4.69) is 15.0 Å². The predicted molar refractivity (Wildman–Crippen MR) is 110 cm³/mol. The summed E-state index contributed by atoms with van der Waals surface area (Å²) in [6.07, 6.45) is 2.06. The van der Waals surface area contributed by atoms with Crippen LogP contribution in [0.2, 0.25) is 5.02 Å². The maximum absolute atomic E-state index is 11.2. The molecule has 6 rings (SSSR count). The molecule has 7 nitrogen and oxygen atoms in total. The van der Waals surface area contributed by atoms with E-state index < -0.39 is 0 Å². The van der Waals surface area contributed by atoms with Crippen molar-refractivity contribution in [2.45, 2.75) is 43.5 Å². The van der Waals surface area contributed by atoms with Gasteiger partial charge in [0.25, 0.3) is 6.01 Å². The van der Waals surface area contributed by atoms with Crippen molar-refractivity contribution in [3.05, 3.63) is 40.9 Å². The second-order valence-electron chi connectivity index (χ2n) is 8.15. The molecule has 1 aliphatic carbocycles. The minimum Gasteiger partial charge on any atom is -0.456 e. The summed E-state index contributed by atoms with van der Waals surface area (Å²) < 4.78 is 17.5. The van der Waals surface area contributed by atoms with Crippen LogP contribution in [-0.4, -0.2) is 52.3 Å². The van der Waals surface area contributed by atoms with E-state index in [0.717, 1.165) is 12.0 Å². The number of imidazole rings is 1. The van der Waals surface area contributed by atoms with Crippen LogP contribution < -0.4 is 4.74 Å². The van der Waals surface area contributed by atoms with Gasteiger partial charge in [-0.1, -0.05) is 35.9 Å². The molecule has 154 valence electrons. The average Bonchev–Trinajstić information content (AvgIpc) is 3.42. The number of ether oxygens (including phenoxy) is 3. The second kappa shape index (κ2) is 7.04. The Bertz CT molecular complexity index is 1120. The molecular weight excluding hydrogens is 406 g/mol. The van der Waals surface area contributed by atoms with Crippen LogP contribution >= 0.6 is 11.6 Å². The normalized spacial score (nSPS) is 26.2. The lowest BCUT2D eigenvalue weighted by molar-refractivity contribution is -0.124. The Hall–Kier alpha value is -2.48. The lowest BCUT2D eigenvalue weighted by Gasteiger charge is -2.24. The number of Topliss-reactive ketones (excluding diaryl/α,β-unsaturated/α-hetero) is 1. The van der Waals surface area contributed by atoms with Crippen molar-refractivity contribution >= 4 is 28.5 Å². The number of carbonyl (C=O) groups is 1. The molecule has 3 aliphatic rings. The van der Waals surface area contributed by atoms with Crippen LogP contribution in [0.5, 0.6) is 6.01 Å². The summed E-state index contributed by atoms with van der Waals surface area (Å²) in [6, 6.07) is 10.3. The molecule has 3 fully saturated rings. The van der Waals surface area contributed by atoms with Crippen LogP contribution in [-0.2, 0) is 14.3 Å². The van der Waals surface area contributed by atoms with Gasteiger partial charge in [-0.15, -0.1) is 0 Å². The van der Waals surface area contributed by atoms with Gasteiger partial charge in [0.15, 0.2) is 11.8 Å². The molecule has 1 unspecified atom stereocenters. The molecule has 30 heavy (non-hydrogen) atoms. The minimum atomic E-state index is -0.182. The summed E-state index contributed by atoms with van der Waals surface area (Å²) in [6.45, 7) is 1.19. The Morgan fingerprint density at radius 2 is 1.97 bits per heavy atom. The van der Waals surface area contributed by atoms with Gasteiger partial charge in [0.1, 0.15) is 11.9 Å². The number of benzene rings is 1. The Morgan fingerprint density at radius 3 is 2.77 bits per heavy atom. The first-order valence-electron chi connectivity index (χ1n) is 10.2. The van der Waals surface area contributed by atoms with Gasteiger partial charge in [0, 0.05) is 25.0 Å². The zero-order chi connectivity index (χ0) is 20.2.